The quantitative estimate of drug-likeness (QED) is 0.237. The monoisotopic (exact) mass is 500 g/mol. The number of nitrogens with zero attached hydrogens (tertiary/aromatic N) is 2. The van der Waals surface area contributed by atoms with E-state index in [-0.39, 0.29) is 26.1 Å². The Kier molecular flexibility index (Phi) is 6.83. The Bertz CT molecular complexity index is 1400. The number of aromatic nitrogens is 2. The molecule has 0 saturated heterocycles. The molecule has 2 heterocycles. The maximum Gasteiger partial charge on any atom is 0.324 e. The molecule has 0 spiro atoms. The third-order valence-corrected chi connectivity index (χ3v) is 7.51. The fourth-order valence-corrected chi connectivity index (χ4v) is 5.82. The second kappa shape index (κ2) is 10.2. The van der Waals surface area contributed by atoms with E-state index in [1.54, 1.807) is 31.8 Å². The summed E-state index contributed by atoms with van der Waals surface area (Å²) in [4.78, 5) is 31.5. The molecule has 0 aliphatic heterocycles. The first kappa shape index (κ1) is 24.1. The average Bonchev–Trinajstić information content (AvgIpc) is 3.44. The molecule has 0 atom stereocenters. The first-order valence-corrected chi connectivity index (χ1v) is 13.0. The Hall–Kier alpha value is -3.58. The molecular weight excluding hydrogens is 472 g/mol. The van der Waals surface area contributed by atoms with Crippen LogP contribution >= 0.6 is 11.8 Å². The van der Waals surface area contributed by atoms with Crippen LogP contribution in [0.25, 0.3) is 10.9 Å². The van der Waals surface area contributed by atoms with Gasteiger partial charge in [-0.25, -0.2) is 4.98 Å². The summed E-state index contributed by atoms with van der Waals surface area (Å²) in [6.07, 6.45) is 4.44. The van der Waals surface area contributed by atoms with E-state index in [0.717, 1.165) is 38.5 Å². The molecular formula is C29H28N2O4S. The van der Waals surface area contributed by atoms with Gasteiger partial charge >= 0.3 is 11.9 Å². The van der Waals surface area contributed by atoms with E-state index in [9.17, 15) is 9.59 Å². The number of pyridine rings is 1. The van der Waals surface area contributed by atoms with Crippen molar-refractivity contribution >= 4 is 34.6 Å². The van der Waals surface area contributed by atoms with Crippen molar-refractivity contribution in [1.29, 1.82) is 0 Å². The lowest BCUT2D eigenvalue weighted by molar-refractivity contribution is -0.171. The van der Waals surface area contributed by atoms with Gasteiger partial charge in [0, 0.05) is 41.2 Å². The molecule has 6 nitrogen and oxygen atoms in total. The SMILES string of the molecule is CCOC(=O)C1(C(=O)OCC)Cc2cnc(Sc3cn(Cc4ccccc4)c4ccccc34)cc2C1. The Morgan fingerprint density at radius 1 is 0.944 bits per heavy atom. The minimum Gasteiger partial charge on any atom is -0.465 e. The minimum absolute atomic E-state index is 0.211. The second-order valence-corrected chi connectivity index (χ2v) is 9.96. The van der Waals surface area contributed by atoms with Crippen LogP contribution in [0.1, 0.15) is 30.5 Å². The van der Waals surface area contributed by atoms with Gasteiger partial charge in [0.15, 0.2) is 5.41 Å². The first-order chi connectivity index (χ1) is 17.5. The molecule has 0 unspecified atom stereocenters. The summed E-state index contributed by atoms with van der Waals surface area (Å²) in [6.45, 7) is 4.68. The Morgan fingerprint density at radius 2 is 1.61 bits per heavy atom. The molecule has 7 heteroatoms. The first-order valence-electron chi connectivity index (χ1n) is 12.2. The lowest BCUT2D eigenvalue weighted by atomic mass is 9.85. The molecule has 36 heavy (non-hydrogen) atoms. The maximum absolute atomic E-state index is 12.9. The van der Waals surface area contributed by atoms with Gasteiger partial charge in [-0.15, -0.1) is 0 Å². The average molecular weight is 501 g/mol. The van der Waals surface area contributed by atoms with Gasteiger partial charge in [-0.2, -0.15) is 0 Å². The molecule has 5 rings (SSSR count). The van der Waals surface area contributed by atoms with E-state index in [0.29, 0.717) is 0 Å². The highest BCUT2D eigenvalue weighted by molar-refractivity contribution is 7.99. The number of rotatable bonds is 8. The second-order valence-electron chi connectivity index (χ2n) is 8.89. The molecule has 2 aromatic heterocycles. The third kappa shape index (κ3) is 4.51. The lowest BCUT2D eigenvalue weighted by Crippen LogP contribution is -2.43. The number of hydrogen-bond donors (Lipinski definition) is 0. The van der Waals surface area contributed by atoms with Gasteiger partial charge < -0.3 is 14.0 Å². The highest BCUT2D eigenvalue weighted by Gasteiger charge is 2.53. The molecule has 1 aliphatic rings. The van der Waals surface area contributed by atoms with Crippen LogP contribution in [0.15, 0.2) is 83.0 Å². The fraction of sp³-hybridized carbons (Fsp3) is 0.276. The maximum atomic E-state index is 12.9. The highest BCUT2D eigenvalue weighted by atomic mass is 32.2. The van der Waals surface area contributed by atoms with E-state index in [1.165, 1.54) is 5.56 Å². The van der Waals surface area contributed by atoms with Crippen molar-refractivity contribution in [3.05, 3.63) is 89.7 Å². The topological polar surface area (TPSA) is 70.4 Å². The number of carbonyl (C=O) groups excluding carboxylic acids is 2. The van der Waals surface area contributed by atoms with Crippen LogP contribution in [-0.2, 0) is 38.4 Å². The van der Waals surface area contributed by atoms with Crippen LogP contribution < -0.4 is 0 Å². The van der Waals surface area contributed by atoms with E-state index in [4.69, 9.17) is 9.47 Å². The van der Waals surface area contributed by atoms with Crippen molar-refractivity contribution in [2.45, 2.75) is 43.2 Å². The zero-order valence-electron chi connectivity index (χ0n) is 20.4. The van der Waals surface area contributed by atoms with Crippen LogP contribution in [0.5, 0.6) is 0 Å². The molecule has 0 amide bonds. The van der Waals surface area contributed by atoms with Crippen molar-refractivity contribution in [2.75, 3.05) is 13.2 Å². The number of ether oxygens (including phenoxy) is 2. The van der Waals surface area contributed by atoms with Gasteiger partial charge in [-0.1, -0.05) is 60.3 Å². The predicted molar refractivity (Wildman–Crippen MR) is 139 cm³/mol. The summed E-state index contributed by atoms with van der Waals surface area (Å²) in [6, 6.07) is 20.7. The summed E-state index contributed by atoms with van der Waals surface area (Å²) in [5, 5.41) is 1.98. The Balaban J connectivity index is 1.44. The third-order valence-electron chi connectivity index (χ3n) is 6.54. The number of carbonyl (C=O) groups is 2. The summed E-state index contributed by atoms with van der Waals surface area (Å²) >= 11 is 1.59. The zero-order chi connectivity index (χ0) is 25.1. The highest BCUT2D eigenvalue weighted by Crippen LogP contribution is 2.42. The smallest absolute Gasteiger partial charge is 0.324 e. The van der Waals surface area contributed by atoms with Gasteiger partial charge in [-0.3, -0.25) is 9.59 Å². The van der Waals surface area contributed by atoms with E-state index >= 15 is 0 Å². The molecule has 0 fully saturated rings. The number of esters is 2. The minimum atomic E-state index is -1.34. The Labute approximate surface area is 214 Å². The van der Waals surface area contributed by atoms with Crippen LogP contribution in [0.3, 0.4) is 0 Å². The molecule has 0 radical (unpaired) electrons. The number of fused-ring (bicyclic) bond motifs is 2. The number of para-hydroxylation sites is 1. The predicted octanol–water partition coefficient (Wildman–Crippen LogP) is 5.45. The number of benzene rings is 2. The summed E-state index contributed by atoms with van der Waals surface area (Å²) in [7, 11) is 0. The zero-order valence-corrected chi connectivity index (χ0v) is 21.2. The van der Waals surface area contributed by atoms with E-state index < -0.39 is 17.4 Å². The van der Waals surface area contributed by atoms with Crippen LogP contribution in [-0.4, -0.2) is 34.7 Å². The van der Waals surface area contributed by atoms with Crippen LogP contribution in [0.2, 0.25) is 0 Å². The van der Waals surface area contributed by atoms with Crippen molar-refractivity contribution in [2.24, 2.45) is 5.41 Å². The summed E-state index contributed by atoms with van der Waals surface area (Å²) in [5.41, 5.74) is 2.87. The van der Waals surface area contributed by atoms with Crippen molar-refractivity contribution < 1.29 is 19.1 Å². The normalized spacial score (nSPS) is 13.9. The molecule has 184 valence electrons. The van der Waals surface area contributed by atoms with Gasteiger partial charge in [0.05, 0.1) is 13.2 Å². The molecule has 2 aromatic carbocycles. The summed E-state index contributed by atoms with van der Waals surface area (Å²) < 4.78 is 12.8. The van der Waals surface area contributed by atoms with Crippen LogP contribution in [0, 0.1) is 5.41 Å². The van der Waals surface area contributed by atoms with Crippen molar-refractivity contribution in [1.82, 2.24) is 9.55 Å². The van der Waals surface area contributed by atoms with Gasteiger partial charge in [-0.05, 0) is 49.1 Å². The largest absolute Gasteiger partial charge is 0.465 e. The van der Waals surface area contributed by atoms with Crippen molar-refractivity contribution in [3.63, 3.8) is 0 Å². The molecule has 0 N–H and O–H groups in total. The molecule has 4 aromatic rings. The lowest BCUT2D eigenvalue weighted by Gasteiger charge is -2.23. The van der Waals surface area contributed by atoms with E-state index in [1.807, 2.05) is 18.2 Å². The molecule has 1 aliphatic carbocycles. The molecule has 0 saturated carbocycles. The van der Waals surface area contributed by atoms with E-state index in [2.05, 4.69) is 58.2 Å². The van der Waals surface area contributed by atoms with Gasteiger partial charge in [0.25, 0.3) is 0 Å². The van der Waals surface area contributed by atoms with Gasteiger partial charge in [0.1, 0.15) is 5.03 Å². The molecule has 0 bridgehead atoms. The van der Waals surface area contributed by atoms with Crippen LogP contribution in [0.4, 0.5) is 0 Å². The van der Waals surface area contributed by atoms with Gasteiger partial charge in [0.2, 0.25) is 0 Å². The number of hydrogen-bond acceptors (Lipinski definition) is 6. The Morgan fingerprint density at radius 3 is 2.33 bits per heavy atom. The summed E-state index contributed by atoms with van der Waals surface area (Å²) in [5.74, 6) is -1.06. The standard InChI is InChI=1S/C29H28N2O4S/c1-3-34-27(32)29(28(33)35-4-2)15-21-14-26(30-17-22(21)16-29)36-25-19-31(18-20-10-6-5-7-11-20)24-13-9-8-12-23(24)25/h5-14,17,19H,3-4,15-16,18H2,1-2H3. The fourth-order valence-electron chi connectivity index (χ4n) is 4.82. The van der Waals surface area contributed by atoms with Crippen molar-refractivity contribution in [3.8, 4) is 0 Å².